The molecule has 0 fully saturated rings. The fourth-order valence-corrected chi connectivity index (χ4v) is 6.43. The first kappa shape index (κ1) is 44.9. The highest BCUT2D eigenvalue weighted by Crippen LogP contribution is 2.38. The second kappa shape index (κ2) is 21.1. The normalized spacial score (nSPS) is 10.4. The monoisotopic (exact) mass is 826 g/mol. The van der Waals surface area contributed by atoms with Gasteiger partial charge in [-0.3, -0.25) is 5.32 Å². The fraction of sp³-hybridized carbons (Fsp3) is 0.273. The number of carbonyl (C=O) groups excluding carboxylic acids is 2. The summed E-state index contributed by atoms with van der Waals surface area (Å²) in [6.07, 6.45) is 0.794. The highest BCUT2D eigenvalue weighted by molar-refractivity contribution is 6.61. The van der Waals surface area contributed by atoms with E-state index < -0.39 is 23.2 Å². The van der Waals surface area contributed by atoms with Crippen molar-refractivity contribution in [1.29, 1.82) is 10.5 Å². The number of fused-ring (bicyclic) bond motifs is 2. The average molecular weight is 827 g/mol. The van der Waals surface area contributed by atoms with E-state index in [-0.39, 0.29) is 18.0 Å². The number of rotatable bonds is 11. The van der Waals surface area contributed by atoms with Crippen LogP contribution in [-0.2, 0) is 22.6 Å². The third-order valence-corrected chi connectivity index (χ3v) is 9.12. The van der Waals surface area contributed by atoms with Crippen LogP contribution < -0.4 is 20.5 Å². The highest BCUT2D eigenvalue weighted by atomic mass is 35.5. The number of nitrogens with one attached hydrogen (secondary N) is 1. The van der Waals surface area contributed by atoms with E-state index in [9.17, 15) is 28.9 Å². The van der Waals surface area contributed by atoms with Crippen LogP contribution in [0.25, 0.3) is 44.3 Å². The summed E-state index contributed by atoms with van der Waals surface area (Å²) in [5.41, 5.74) is 10.1. The molecule has 3 N–H and O–H groups in total. The Balaban J connectivity index is 0.000000229. The Labute approximate surface area is 346 Å². The molecule has 6 aromatic rings. The molecule has 2 heterocycles. The molecule has 12 nitrogen and oxygen atoms in total. The van der Waals surface area contributed by atoms with Gasteiger partial charge in [0, 0.05) is 58.7 Å². The number of methoxy groups -OCH3 is 2. The summed E-state index contributed by atoms with van der Waals surface area (Å²) in [5, 5.41) is 23.4. The zero-order chi connectivity index (χ0) is 43.2. The number of hydrogen-bond donors (Lipinski definition) is 2. The molecule has 308 valence electrons. The topological polar surface area (TPSA) is 167 Å². The van der Waals surface area contributed by atoms with E-state index in [2.05, 4.69) is 22.2 Å². The minimum absolute atomic E-state index is 0.0224. The molecule has 0 aliphatic rings. The quantitative estimate of drug-likeness (QED) is 0.0954. The SMILES string of the molecule is CCCOC(=O)Cl.CCCOC(=O)Nc1ccc(-c2c(C#N)c3ccc(OC)cc3n2CC)cc1F.CCn1c(-c2ccc(N)c(F)c2)c(C#N)c2ccc(OC)cc21. The van der Waals surface area contributed by atoms with E-state index >= 15 is 0 Å². The smallest absolute Gasteiger partial charge is 0.411 e. The number of halogens is 3. The predicted molar refractivity (Wildman–Crippen MR) is 226 cm³/mol. The van der Waals surface area contributed by atoms with Gasteiger partial charge in [-0.25, -0.2) is 18.4 Å². The van der Waals surface area contributed by atoms with Crippen LogP contribution in [-0.4, -0.2) is 48.1 Å². The summed E-state index contributed by atoms with van der Waals surface area (Å²) in [6, 6.07) is 24.6. The molecular weight excluding hydrogens is 782 g/mol. The van der Waals surface area contributed by atoms with E-state index in [0.29, 0.717) is 71.3 Å². The lowest BCUT2D eigenvalue weighted by molar-refractivity contribution is 0.161. The number of aromatic nitrogens is 2. The number of carbonyl (C=O) groups is 2. The molecule has 15 heteroatoms. The number of nitrogens with two attached hydrogens (primary N) is 1. The van der Waals surface area contributed by atoms with E-state index in [4.69, 9.17) is 31.5 Å². The molecule has 0 radical (unpaired) electrons. The van der Waals surface area contributed by atoms with Crippen molar-refractivity contribution in [3.63, 3.8) is 0 Å². The maximum atomic E-state index is 14.7. The highest BCUT2D eigenvalue weighted by Gasteiger charge is 2.21. The van der Waals surface area contributed by atoms with Gasteiger partial charge in [-0.05, 0) is 75.2 Å². The summed E-state index contributed by atoms with van der Waals surface area (Å²) >= 11 is 4.80. The van der Waals surface area contributed by atoms with Crippen LogP contribution in [0.2, 0.25) is 0 Å². The Morgan fingerprint density at radius 1 is 0.712 bits per heavy atom. The van der Waals surface area contributed by atoms with Crippen molar-refractivity contribution < 1.29 is 37.3 Å². The lowest BCUT2D eigenvalue weighted by atomic mass is 10.1. The molecule has 0 aliphatic heterocycles. The Morgan fingerprint density at radius 3 is 1.58 bits per heavy atom. The van der Waals surface area contributed by atoms with Crippen LogP contribution in [0, 0.1) is 34.3 Å². The van der Waals surface area contributed by atoms with Crippen molar-refractivity contribution >= 4 is 56.3 Å². The Bertz CT molecular complexity index is 2540. The number of hydrogen-bond acceptors (Lipinski definition) is 9. The van der Waals surface area contributed by atoms with Crippen molar-refractivity contribution in [2.24, 2.45) is 0 Å². The zero-order valence-corrected chi connectivity index (χ0v) is 34.4. The second-order valence-corrected chi connectivity index (χ2v) is 13.0. The first-order chi connectivity index (χ1) is 28.4. The molecule has 6 rings (SSSR count). The molecule has 0 unspecified atom stereocenters. The molecule has 4 aromatic carbocycles. The summed E-state index contributed by atoms with van der Waals surface area (Å²) in [7, 11) is 3.18. The summed E-state index contributed by atoms with van der Waals surface area (Å²) in [5.74, 6) is 0.295. The van der Waals surface area contributed by atoms with Crippen LogP contribution in [0.15, 0.2) is 72.8 Å². The molecule has 59 heavy (non-hydrogen) atoms. The maximum absolute atomic E-state index is 14.7. The van der Waals surface area contributed by atoms with Crippen molar-refractivity contribution in [2.75, 3.05) is 38.5 Å². The summed E-state index contributed by atoms with van der Waals surface area (Å²) in [6.45, 7) is 9.63. The van der Waals surface area contributed by atoms with Gasteiger partial charge in [-0.2, -0.15) is 10.5 Å². The number of aryl methyl sites for hydroxylation is 2. The molecule has 2 aromatic heterocycles. The average Bonchev–Trinajstić information content (AvgIpc) is 3.74. The van der Waals surface area contributed by atoms with Gasteiger partial charge in [0.05, 0.1) is 72.4 Å². The van der Waals surface area contributed by atoms with Gasteiger partial charge >= 0.3 is 11.5 Å². The number of nitriles is 2. The summed E-state index contributed by atoms with van der Waals surface area (Å²) in [4.78, 5) is 21.4. The van der Waals surface area contributed by atoms with Crippen molar-refractivity contribution in [3.8, 4) is 46.2 Å². The Morgan fingerprint density at radius 2 is 1.19 bits per heavy atom. The van der Waals surface area contributed by atoms with E-state index in [1.54, 1.807) is 32.4 Å². The van der Waals surface area contributed by atoms with Crippen molar-refractivity contribution in [3.05, 3.63) is 95.6 Å². The maximum Gasteiger partial charge on any atom is 0.411 e. The van der Waals surface area contributed by atoms with Gasteiger partial charge < -0.3 is 33.8 Å². The Hall–Kier alpha value is -6.77. The molecule has 0 bridgehead atoms. The van der Waals surface area contributed by atoms with E-state index in [0.717, 1.165) is 28.2 Å². The molecular formula is C44H45ClF2N6O6. The summed E-state index contributed by atoms with van der Waals surface area (Å²) < 4.78 is 52.3. The minimum Gasteiger partial charge on any atom is -0.497 e. The Kier molecular flexibility index (Phi) is 16.1. The van der Waals surface area contributed by atoms with E-state index in [1.165, 1.54) is 24.3 Å². The van der Waals surface area contributed by atoms with Gasteiger partial charge in [0.1, 0.15) is 35.3 Å². The molecule has 0 spiro atoms. The lowest BCUT2D eigenvalue weighted by Gasteiger charge is -2.11. The molecule has 1 amide bonds. The van der Waals surface area contributed by atoms with Crippen LogP contribution in [0.3, 0.4) is 0 Å². The second-order valence-electron chi connectivity index (χ2n) is 12.7. The number of amides is 1. The van der Waals surface area contributed by atoms with Crippen molar-refractivity contribution in [1.82, 2.24) is 9.13 Å². The van der Waals surface area contributed by atoms with Crippen LogP contribution in [0.4, 0.5) is 29.7 Å². The zero-order valence-electron chi connectivity index (χ0n) is 33.6. The third-order valence-electron chi connectivity index (χ3n) is 9.01. The predicted octanol–water partition coefficient (Wildman–Crippen LogP) is 11.0. The standard InChI is InChI=1S/C22H22FN3O3.C18H16FN3O.C4H7ClO2/c1-4-10-29-22(27)25-19-9-6-14(11-18(19)23)21-17(13-24)16-8-7-15(28-3)12-20(16)26(21)5-2;1-3-22-17-9-12(23-2)5-6-13(17)14(10-20)18(22)11-4-7-16(21)15(19)8-11;1-2-3-7-4(5)6/h6-9,11-12H,4-5,10H2,1-3H3,(H,25,27);4-9H,3,21H2,1-2H3;2-3H2,1H3. The number of nitrogens with zero attached hydrogens (tertiary/aromatic N) is 4. The molecule has 0 saturated carbocycles. The fourth-order valence-electron chi connectivity index (χ4n) is 6.36. The van der Waals surface area contributed by atoms with Crippen LogP contribution in [0.1, 0.15) is 51.7 Å². The lowest BCUT2D eigenvalue weighted by Crippen LogP contribution is -2.15. The van der Waals surface area contributed by atoms with Gasteiger partial charge in [-0.1, -0.05) is 26.0 Å². The van der Waals surface area contributed by atoms with Gasteiger partial charge in [0.15, 0.2) is 0 Å². The number of benzene rings is 4. The molecule has 0 atom stereocenters. The van der Waals surface area contributed by atoms with Crippen LogP contribution >= 0.6 is 11.6 Å². The molecule has 0 saturated heterocycles. The largest absolute Gasteiger partial charge is 0.497 e. The van der Waals surface area contributed by atoms with Gasteiger partial charge in [0.2, 0.25) is 0 Å². The van der Waals surface area contributed by atoms with Gasteiger partial charge in [-0.15, -0.1) is 0 Å². The minimum atomic E-state index is -0.721. The number of ether oxygens (including phenoxy) is 4. The number of nitrogen functional groups attached to an aromatic ring is 1. The number of anilines is 2. The first-order valence-electron chi connectivity index (χ1n) is 18.7. The first-order valence-corrected chi connectivity index (χ1v) is 19.1. The van der Waals surface area contributed by atoms with Crippen LogP contribution in [0.5, 0.6) is 11.5 Å². The van der Waals surface area contributed by atoms with Crippen molar-refractivity contribution in [2.45, 2.75) is 53.6 Å². The van der Waals surface area contributed by atoms with Gasteiger partial charge in [0.25, 0.3) is 0 Å². The van der Waals surface area contributed by atoms with E-state index in [1.807, 2.05) is 67.2 Å². The molecule has 0 aliphatic carbocycles. The third kappa shape index (κ3) is 10.4.